The Morgan fingerprint density at radius 1 is 1.53 bits per heavy atom. The fraction of sp³-hybridized carbons (Fsp3) is 0.750. The summed E-state index contributed by atoms with van der Waals surface area (Å²) in [5.41, 5.74) is 2.11. The average Bonchev–Trinajstić information content (AvgIpc) is 2.51. The highest BCUT2D eigenvalue weighted by Gasteiger charge is 2.18. The maximum Gasteiger partial charge on any atom is 0.131 e. The lowest BCUT2D eigenvalue weighted by molar-refractivity contribution is 0.0981. The summed E-state index contributed by atoms with van der Waals surface area (Å²) < 4.78 is 6.92. The van der Waals surface area contributed by atoms with Crippen LogP contribution in [0, 0.1) is 6.92 Å². The van der Waals surface area contributed by atoms with Crippen LogP contribution in [0.4, 0.5) is 0 Å². The molecular formula is C12H22ClN3O. The maximum absolute atomic E-state index is 6.24. The van der Waals surface area contributed by atoms with Crippen molar-refractivity contribution < 1.29 is 4.74 Å². The third-order valence-electron chi connectivity index (χ3n) is 3.07. The van der Waals surface area contributed by atoms with Gasteiger partial charge in [-0.3, -0.25) is 9.58 Å². The van der Waals surface area contributed by atoms with Crippen LogP contribution in [-0.2, 0) is 18.3 Å². The maximum atomic E-state index is 6.24. The van der Waals surface area contributed by atoms with Gasteiger partial charge in [-0.05, 0) is 20.4 Å². The van der Waals surface area contributed by atoms with E-state index in [4.69, 9.17) is 16.3 Å². The molecule has 1 atom stereocenters. The first-order chi connectivity index (χ1) is 8.01. The van der Waals surface area contributed by atoms with E-state index >= 15 is 0 Å². The van der Waals surface area contributed by atoms with Gasteiger partial charge in [-0.1, -0.05) is 18.5 Å². The minimum atomic E-state index is 0.376. The van der Waals surface area contributed by atoms with Crippen molar-refractivity contribution in [3.8, 4) is 0 Å². The number of hydrogen-bond donors (Lipinski definition) is 0. The fourth-order valence-corrected chi connectivity index (χ4v) is 2.22. The lowest BCUT2D eigenvalue weighted by Gasteiger charge is -2.27. The van der Waals surface area contributed by atoms with Crippen LogP contribution in [-0.4, -0.2) is 41.0 Å². The van der Waals surface area contributed by atoms with Gasteiger partial charge in [-0.2, -0.15) is 5.10 Å². The van der Waals surface area contributed by atoms with E-state index in [2.05, 4.69) is 23.8 Å². The van der Waals surface area contributed by atoms with E-state index in [1.807, 2.05) is 14.0 Å². The molecule has 0 bridgehead atoms. The molecule has 0 radical (unpaired) electrons. The largest absolute Gasteiger partial charge is 0.383 e. The number of likely N-dealkylation sites (N-methyl/N-ethyl adjacent to an activating group) is 1. The highest BCUT2D eigenvalue weighted by Crippen LogP contribution is 2.21. The summed E-state index contributed by atoms with van der Waals surface area (Å²) in [6, 6.07) is 0.376. The van der Waals surface area contributed by atoms with Crippen LogP contribution in [0.3, 0.4) is 0 Å². The third kappa shape index (κ3) is 3.44. The lowest BCUT2D eigenvalue weighted by atomic mass is 10.2. The second kappa shape index (κ2) is 6.38. The van der Waals surface area contributed by atoms with E-state index in [0.717, 1.165) is 36.1 Å². The van der Waals surface area contributed by atoms with E-state index in [9.17, 15) is 0 Å². The molecule has 98 valence electrons. The fourth-order valence-electron chi connectivity index (χ4n) is 1.98. The Bertz CT molecular complexity index is 365. The normalized spacial score (nSPS) is 13.4. The number of aromatic nitrogens is 2. The molecule has 1 heterocycles. The quantitative estimate of drug-likeness (QED) is 0.785. The Kier molecular flexibility index (Phi) is 5.43. The first-order valence-corrected chi connectivity index (χ1v) is 6.30. The summed E-state index contributed by atoms with van der Waals surface area (Å²) in [7, 11) is 3.60. The predicted molar refractivity (Wildman–Crippen MR) is 70.4 cm³/mol. The molecule has 0 N–H and O–H groups in total. The summed E-state index contributed by atoms with van der Waals surface area (Å²) >= 11 is 6.24. The molecule has 0 aromatic carbocycles. The summed E-state index contributed by atoms with van der Waals surface area (Å²) in [5.74, 6) is 0. The molecule has 4 nitrogen and oxygen atoms in total. The van der Waals surface area contributed by atoms with Crippen LogP contribution in [0.25, 0.3) is 0 Å². The topological polar surface area (TPSA) is 30.3 Å². The van der Waals surface area contributed by atoms with Gasteiger partial charge in [0.15, 0.2) is 0 Å². The summed E-state index contributed by atoms with van der Waals surface area (Å²) in [4.78, 5) is 2.33. The summed E-state index contributed by atoms with van der Waals surface area (Å²) in [5, 5.41) is 5.06. The van der Waals surface area contributed by atoms with Crippen molar-refractivity contribution in [2.45, 2.75) is 33.4 Å². The molecule has 0 fully saturated rings. The van der Waals surface area contributed by atoms with Gasteiger partial charge in [0.05, 0.1) is 12.3 Å². The minimum absolute atomic E-state index is 0.376. The highest BCUT2D eigenvalue weighted by molar-refractivity contribution is 6.30. The van der Waals surface area contributed by atoms with Crippen LogP contribution >= 0.6 is 11.6 Å². The number of nitrogens with zero attached hydrogens (tertiary/aromatic N) is 3. The number of rotatable bonds is 6. The summed E-state index contributed by atoms with van der Waals surface area (Å²) in [6.07, 6.45) is 0. The molecule has 0 aliphatic heterocycles. The Labute approximate surface area is 108 Å². The number of halogens is 1. The molecule has 5 heteroatoms. The predicted octanol–water partition coefficient (Wildman–Crippen LogP) is 2.24. The van der Waals surface area contributed by atoms with E-state index in [1.165, 1.54) is 0 Å². The zero-order chi connectivity index (χ0) is 13.0. The molecule has 0 saturated heterocycles. The van der Waals surface area contributed by atoms with Crippen molar-refractivity contribution in [3.05, 3.63) is 16.4 Å². The molecule has 0 aliphatic carbocycles. The monoisotopic (exact) mass is 259 g/mol. The SMILES string of the molecule is CCN(Cc1c(C)nn(C)c1Cl)C(C)COC. The second-order valence-corrected chi connectivity index (χ2v) is 4.70. The Morgan fingerprint density at radius 3 is 2.59 bits per heavy atom. The van der Waals surface area contributed by atoms with Gasteiger partial charge in [0.2, 0.25) is 0 Å². The van der Waals surface area contributed by atoms with Gasteiger partial charge in [-0.25, -0.2) is 0 Å². The van der Waals surface area contributed by atoms with Gasteiger partial charge in [0, 0.05) is 32.3 Å². The average molecular weight is 260 g/mol. The minimum Gasteiger partial charge on any atom is -0.383 e. The standard InChI is InChI=1S/C12H22ClN3O/c1-6-16(9(2)8-17-5)7-11-10(3)14-15(4)12(11)13/h9H,6-8H2,1-5H3. The molecule has 17 heavy (non-hydrogen) atoms. The smallest absolute Gasteiger partial charge is 0.131 e. The van der Waals surface area contributed by atoms with Crippen molar-refractivity contribution >= 4 is 11.6 Å². The second-order valence-electron chi connectivity index (χ2n) is 4.35. The zero-order valence-electron chi connectivity index (χ0n) is 11.3. The Balaban J connectivity index is 2.80. The van der Waals surface area contributed by atoms with E-state index < -0.39 is 0 Å². The van der Waals surface area contributed by atoms with Gasteiger partial charge >= 0.3 is 0 Å². The third-order valence-corrected chi connectivity index (χ3v) is 3.54. The van der Waals surface area contributed by atoms with E-state index in [-0.39, 0.29) is 0 Å². The molecule has 1 aromatic rings. The van der Waals surface area contributed by atoms with Crippen LogP contribution in [0.5, 0.6) is 0 Å². The Morgan fingerprint density at radius 2 is 2.18 bits per heavy atom. The van der Waals surface area contributed by atoms with E-state index in [1.54, 1.807) is 11.8 Å². The first-order valence-electron chi connectivity index (χ1n) is 5.92. The molecule has 0 spiro atoms. The molecule has 0 amide bonds. The number of ether oxygens (including phenoxy) is 1. The first kappa shape index (κ1) is 14.5. The van der Waals surface area contributed by atoms with Crippen molar-refractivity contribution in [1.29, 1.82) is 0 Å². The van der Waals surface area contributed by atoms with Crippen LogP contribution in [0.2, 0.25) is 5.15 Å². The zero-order valence-corrected chi connectivity index (χ0v) is 12.1. The van der Waals surface area contributed by atoms with Crippen molar-refractivity contribution in [3.63, 3.8) is 0 Å². The van der Waals surface area contributed by atoms with Gasteiger partial charge in [0.1, 0.15) is 5.15 Å². The van der Waals surface area contributed by atoms with Crippen LogP contribution in [0.15, 0.2) is 0 Å². The molecular weight excluding hydrogens is 238 g/mol. The highest BCUT2D eigenvalue weighted by atomic mass is 35.5. The van der Waals surface area contributed by atoms with E-state index in [0.29, 0.717) is 6.04 Å². The number of hydrogen-bond acceptors (Lipinski definition) is 3. The summed E-state index contributed by atoms with van der Waals surface area (Å²) in [6.45, 7) is 8.81. The van der Waals surface area contributed by atoms with Gasteiger partial charge < -0.3 is 4.74 Å². The molecule has 0 aliphatic rings. The number of methoxy groups -OCH3 is 1. The number of aryl methyl sites for hydroxylation is 2. The van der Waals surface area contributed by atoms with Gasteiger partial charge in [0.25, 0.3) is 0 Å². The van der Waals surface area contributed by atoms with Gasteiger partial charge in [-0.15, -0.1) is 0 Å². The molecule has 1 aromatic heterocycles. The lowest BCUT2D eigenvalue weighted by Crippen LogP contribution is -2.35. The Hall–Kier alpha value is -0.580. The molecule has 1 unspecified atom stereocenters. The van der Waals surface area contributed by atoms with Crippen molar-refractivity contribution in [2.75, 3.05) is 20.3 Å². The van der Waals surface area contributed by atoms with Crippen molar-refractivity contribution in [2.24, 2.45) is 7.05 Å². The molecule has 1 rings (SSSR count). The van der Waals surface area contributed by atoms with Crippen molar-refractivity contribution in [1.82, 2.24) is 14.7 Å². The molecule has 0 saturated carbocycles. The van der Waals surface area contributed by atoms with Crippen LogP contribution < -0.4 is 0 Å². The van der Waals surface area contributed by atoms with Crippen LogP contribution in [0.1, 0.15) is 25.1 Å².